The lowest BCUT2D eigenvalue weighted by molar-refractivity contribution is -0.385. The van der Waals surface area contributed by atoms with E-state index in [1.807, 2.05) is 0 Å². The number of carbonyl (C=O) groups excluding carboxylic acids is 1. The van der Waals surface area contributed by atoms with Gasteiger partial charge in [0.05, 0.1) is 16.4 Å². The van der Waals surface area contributed by atoms with E-state index < -0.39 is 27.9 Å². The molecule has 0 spiro atoms. The number of carboxylic acids is 1. The summed E-state index contributed by atoms with van der Waals surface area (Å²) in [6.07, 6.45) is 0.512. The molecule has 140 valence electrons. The molecule has 2 heterocycles. The highest BCUT2D eigenvalue weighted by atomic mass is 16.6. The van der Waals surface area contributed by atoms with Crippen molar-refractivity contribution in [3.8, 4) is 11.5 Å². The molecule has 10 heteroatoms. The molecule has 10 nitrogen and oxygen atoms in total. The summed E-state index contributed by atoms with van der Waals surface area (Å²) in [5, 5.41) is 23.3. The van der Waals surface area contributed by atoms with Crippen LogP contribution in [0.3, 0.4) is 0 Å². The highest BCUT2D eigenvalue weighted by Crippen LogP contribution is 2.37. The minimum Gasteiger partial charge on any atom is -0.486 e. The smallest absolute Gasteiger partial charge is 0.311 e. The molecular formula is C16H18N2O8. The number of hydrogen-bond donors (Lipinski definition) is 2. The fraction of sp³-hybridized carbons (Fsp3) is 0.500. The molecule has 2 N–H and O–H groups in total. The van der Waals surface area contributed by atoms with Crippen molar-refractivity contribution in [3.05, 3.63) is 27.8 Å². The number of nitro groups is 1. The number of nitrogens with zero attached hydrogens (tertiary/aromatic N) is 1. The second-order valence-corrected chi connectivity index (χ2v) is 6.15. The number of rotatable bonds is 5. The van der Waals surface area contributed by atoms with Gasteiger partial charge in [-0.3, -0.25) is 19.7 Å². The Kier molecular flexibility index (Phi) is 4.94. The topological polar surface area (TPSA) is 137 Å². The molecule has 0 bridgehead atoms. The third-order valence-corrected chi connectivity index (χ3v) is 4.59. The summed E-state index contributed by atoms with van der Waals surface area (Å²) >= 11 is 0. The van der Waals surface area contributed by atoms with Crippen LogP contribution in [0, 0.1) is 15.5 Å². The van der Waals surface area contributed by atoms with Crippen LogP contribution in [-0.2, 0) is 9.53 Å². The van der Waals surface area contributed by atoms with Gasteiger partial charge in [0.1, 0.15) is 18.8 Å². The van der Waals surface area contributed by atoms with E-state index in [1.165, 1.54) is 6.07 Å². The lowest BCUT2D eigenvalue weighted by atomic mass is 9.80. The van der Waals surface area contributed by atoms with E-state index in [4.69, 9.17) is 14.2 Å². The summed E-state index contributed by atoms with van der Waals surface area (Å²) in [5.74, 6) is -1.32. The highest BCUT2D eigenvalue weighted by Gasteiger charge is 2.41. The number of nitrogens with one attached hydrogen (secondary N) is 1. The van der Waals surface area contributed by atoms with Crippen LogP contribution in [0.1, 0.15) is 23.2 Å². The van der Waals surface area contributed by atoms with Crippen molar-refractivity contribution >= 4 is 17.6 Å². The van der Waals surface area contributed by atoms with E-state index in [9.17, 15) is 24.8 Å². The molecule has 2 aliphatic rings. The van der Waals surface area contributed by atoms with Crippen LogP contribution < -0.4 is 14.8 Å². The van der Waals surface area contributed by atoms with Gasteiger partial charge < -0.3 is 24.6 Å². The van der Waals surface area contributed by atoms with E-state index >= 15 is 0 Å². The van der Waals surface area contributed by atoms with Gasteiger partial charge >= 0.3 is 5.97 Å². The van der Waals surface area contributed by atoms with Crippen molar-refractivity contribution < 1.29 is 33.8 Å². The summed E-state index contributed by atoms with van der Waals surface area (Å²) < 4.78 is 15.8. The number of benzene rings is 1. The second-order valence-electron chi connectivity index (χ2n) is 6.15. The second kappa shape index (κ2) is 7.16. The average Bonchev–Trinajstić information content (AvgIpc) is 2.65. The van der Waals surface area contributed by atoms with Gasteiger partial charge in [0, 0.05) is 25.8 Å². The van der Waals surface area contributed by atoms with Crippen LogP contribution in [0.25, 0.3) is 0 Å². The number of fused-ring (bicyclic) bond motifs is 1. The Hall–Kier alpha value is -2.88. The number of aliphatic carboxylic acids is 1. The van der Waals surface area contributed by atoms with Crippen molar-refractivity contribution in [2.75, 3.05) is 33.0 Å². The molecule has 0 aliphatic carbocycles. The Balaban J connectivity index is 1.82. The molecule has 1 aromatic rings. The minimum absolute atomic E-state index is 0.143. The lowest BCUT2D eigenvalue weighted by Gasteiger charge is -2.33. The summed E-state index contributed by atoms with van der Waals surface area (Å²) in [6, 6.07) is 2.39. The Bertz CT molecular complexity index is 742. The van der Waals surface area contributed by atoms with Gasteiger partial charge in [0.15, 0.2) is 11.5 Å². The number of amides is 1. The summed E-state index contributed by atoms with van der Waals surface area (Å²) in [5.41, 5.74) is -1.77. The summed E-state index contributed by atoms with van der Waals surface area (Å²) in [4.78, 5) is 34.8. The normalized spacial score (nSPS) is 18.0. The first-order chi connectivity index (χ1) is 12.4. The first-order valence-electron chi connectivity index (χ1n) is 8.10. The van der Waals surface area contributed by atoms with Crippen LogP contribution in [0.2, 0.25) is 0 Å². The van der Waals surface area contributed by atoms with Crippen LogP contribution in [0.5, 0.6) is 11.5 Å². The molecule has 1 fully saturated rings. The van der Waals surface area contributed by atoms with Gasteiger partial charge in [0.25, 0.3) is 11.6 Å². The monoisotopic (exact) mass is 366 g/mol. The van der Waals surface area contributed by atoms with Crippen LogP contribution in [-0.4, -0.2) is 54.9 Å². The van der Waals surface area contributed by atoms with E-state index in [-0.39, 0.29) is 62.9 Å². The Labute approximate surface area is 148 Å². The fourth-order valence-electron chi connectivity index (χ4n) is 2.98. The SMILES string of the molecule is O=C(NCC1(C(=O)O)CCOCC1)c1cc2c(cc1[N+](=O)[O-])OCCO2. The Morgan fingerprint density at radius 1 is 1.15 bits per heavy atom. The zero-order valence-corrected chi connectivity index (χ0v) is 13.9. The van der Waals surface area contributed by atoms with Gasteiger partial charge in [-0.25, -0.2) is 0 Å². The summed E-state index contributed by atoms with van der Waals surface area (Å²) in [6.45, 7) is 0.960. The highest BCUT2D eigenvalue weighted by molar-refractivity contribution is 5.99. The minimum atomic E-state index is -1.14. The third kappa shape index (κ3) is 3.40. The van der Waals surface area contributed by atoms with Crippen LogP contribution >= 0.6 is 0 Å². The molecule has 0 aromatic heterocycles. The van der Waals surface area contributed by atoms with Gasteiger partial charge in [-0.1, -0.05) is 0 Å². The van der Waals surface area contributed by atoms with Gasteiger partial charge in [-0.05, 0) is 12.8 Å². The molecule has 1 amide bonds. The molecule has 1 aromatic carbocycles. The first-order valence-corrected chi connectivity index (χ1v) is 8.10. The fourth-order valence-corrected chi connectivity index (χ4v) is 2.98. The Morgan fingerprint density at radius 3 is 2.35 bits per heavy atom. The quantitative estimate of drug-likeness (QED) is 0.581. The lowest BCUT2D eigenvalue weighted by Crippen LogP contribution is -2.46. The van der Waals surface area contributed by atoms with Crippen molar-refractivity contribution in [1.29, 1.82) is 0 Å². The molecule has 26 heavy (non-hydrogen) atoms. The maximum atomic E-state index is 12.5. The first kappa shape index (κ1) is 17.9. The maximum absolute atomic E-state index is 12.5. The standard InChI is InChI=1S/C16H18N2O8/c19-14(17-9-16(15(20)21)1-3-24-4-2-16)10-7-12-13(26-6-5-25-12)8-11(10)18(22)23/h7-8H,1-6,9H2,(H,17,19)(H,20,21). The Morgan fingerprint density at radius 2 is 1.77 bits per heavy atom. The molecule has 0 atom stereocenters. The molecule has 0 saturated carbocycles. The predicted molar refractivity (Wildman–Crippen MR) is 86.5 cm³/mol. The molecule has 0 unspecified atom stereocenters. The maximum Gasteiger partial charge on any atom is 0.311 e. The molecule has 1 saturated heterocycles. The number of carboxylic acid groups (broad SMARTS) is 1. The van der Waals surface area contributed by atoms with E-state index in [1.54, 1.807) is 0 Å². The number of carbonyl (C=O) groups is 2. The molecular weight excluding hydrogens is 348 g/mol. The van der Waals surface area contributed by atoms with Crippen LogP contribution in [0.4, 0.5) is 5.69 Å². The largest absolute Gasteiger partial charge is 0.486 e. The van der Waals surface area contributed by atoms with Crippen molar-refractivity contribution in [2.24, 2.45) is 5.41 Å². The van der Waals surface area contributed by atoms with E-state index in [2.05, 4.69) is 5.32 Å². The number of ether oxygens (including phenoxy) is 3. The zero-order valence-electron chi connectivity index (χ0n) is 13.9. The van der Waals surface area contributed by atoms with Crippen molar-refractivity contribution in [2.45, 2.75) is 12.8 Å². The third-order valence-electron chi connectivity index (χ3n) is 4.59. The average molecular weight is 366 g/mol. The number of hydrogen-bond acceptors (Lipinski definition) is 7. The molecule has 3 rings (SSSR count). The summed E-state index contributed by atoms with van der Waals surface area (Å²) in [7, 11) is 0. The molecule has 2 aliphatic heterocycles. The van der Waals surface area contributed by atoms with Gasteiger partial charge in [0.2, 0.25) is 0 Å². The van der Waals surface area contributed by atoms with E-state index in [0.717, 1.165) is 6.07 Å². The predicted octanol–water partition coefficient (Wildman–Crippen LogP) is 0.977. The van der Waals surface area contributed by atoms with Crippen molar-refractivity contribution in [3.63, 3.8) is 0 Å². The van der Waals surface area contributed by atoms with E-state index in [0.29, 0.717) is 0 Å². The molecule has 0 radical (unpaired) electrons. The van der Waals surface area contributed by atoms with Gasteiger partial charge in [-0.15, -0.1) is 0 Å². The van der Waals surface area contributed by atoms with Gasteiger partial charge in [-0.2, -0.15) is 0 Å². The van der Waals surface area contributed by atoms with Crippen molar-refractivity contribution in [1.82, 2.24) is 5.32 Å². The zero-order chi connectivity index (χ0) is 18.7. The number of nitro benzene ring substituents is 1. The van der Waals surface area contributed by atoms with Crippen LogP contribution in [0.15, 0.2) is 12.1 Å².